The van der Waals surface area contributed by atoms with Crippen LogP contribution in [0.15, 0.2) is 47.1 Å². The number of hydrogen-bond donors (Lipinski definition) is 1. The second kappa shape index (κ2) is 5.36. The second-order valence-electron chi connectivity index (χ2n) is 5.07. The van der Waals surface area contributed by atoms with Crippen molar-refractivity contribution in [3.63, 3.8) is 0 Å². The molecular formula is C16H15N3O2. The summed E-state index contributed by atoms with van der Waals surface area (Å²) < 4.78 is 5.70. The van der Waals surface area contributed by atoms with E-state index in [-0.39, 0.29) is 11.9 Å². The Morgan fingerprint density at radius 3 is 2.67 bits per heavy atom. The maximum atomic E-state index is 12.0. The topological polar surface area (TPSA) is 68.0 Å². The molecule has 0 aliphatic rings. The predicted molar refractivity (Wildman–Crippen MR) is 79.8 cm³/mol. The lowest BCUT2D eigenvalue weighted by Gasteiger charge is -2.07. The normalized spacial score (nSPS) is 11.0. The van der Waals surface area contributed by atoms with Crippen molar-refractivity contribution in [1.29, 1.82) is 0 Å². The standard InChI is InChI=1S/C16H15N3O2/c1-10(2)18-15(20)12-3-4-14-13(9-12)19-16(21-14)11-5-7-17-8-6-11/h3-10H,1-2H3,(H,18,20). The minimum Gasteiger partial charge on any atom is -0.436 e. The van der Waals surface area contributed by atoms with E-state index in [2.05, 4.69) is 15.3 Å². The summed E-state index contributed by atoms with van der Waals surface area (Å²) in [6, 6.07) is 9.00. The smallest absolute Gasteiger partial charge is 0.251 e. The van der Waals surface area contributed by atoms with Crippen molar-refractivity contribution in [2.75, 3.05) is 0 Å². The highest BCUT2D eigenvalue weighted by Crippen LogP contribution is 2.24. The largest absolute Gasteiger partial charge is 0.436 e. The lowest BCUT2D eigenvalue weighted by molar-refractivity contribution is 0.0943. The molecule has 0 fully saturated rings. The van der Waals surface area contributed by atoms with E-state index in [9.17, 15) is 4.79 Å². The van der Waals surface area contributed by atoms with Crippen molar-refractivity contribution in [2.45, 2.75) is 19.9 Å². The first-order valence-electron chi connectivity index (χ1n) is 6.75. The highest BCUT2D eigenvalue weighted by Gasteiger charge is 2.12. The Kier molecular flexibility index (Phi) is 3.39. The van der Waals surface area contributed by atoms with E-state index in [1.807, 2.05) is 26.0 Å². The number of fused-ring (bicyclic) bond motifs is 1. The lowest BCUT2D eigenvalue weighted by atomic mass is 10.2. The fourth-order valence-corrected chi connectivity index (χ4v) is 2.03. The van der Waals surface area contributed by atoms with Crippen LogP contribution in [0.3, 0.4) is 0 Å². The van der Waals surface area contributed by atoms with Crippen molar-refractivity contribution in [3.8, 4) is 11.5 Å². The summed E-state index contributed by atoms with van der Waals surface area (Å²) in [6.45, 7) is 3.85. The van der Waals surface area contributed by atoms with Gasteiger partial charge in [0.05, 0.1) is 0 Å². The molecule has 0 aliphatic heterocycles. The number of oxazole rings is 1. The third-order valence-corrected chi connectivity index (χ3v) is 3.00. The highest BCUT2D eigenvalue weighted by atomic mass is 16.3. The molecular weight excluding hydrogens is 266 g/mol. The first-order valence-corrected chi connectivity index (χ1v) is 6.75. The molecule has 0 aliphatic carbocycles. The van der Waals surface area contributed by atoms with Crippen LogP contribution >= 0.6 is 0 Å². The minimum atomic E-state index is -0.111. The van der Waals surface area contributed by atoms with Gasteiger partial charge in [0, 0.05) is 29.6 Å². The third kappa shape index (κ3) is 2.76. The molecule has 3 rings (SSSR count). The molecule has 0 saturated carbocycles. The molecule has 0 spiro atoms. The average molecular weight is 281 g/mol. The zero-order chi connectivity index (χ0) is 14.8. The van der Waals surface area contributed by atoms with Gasteiger partial charge in [-0.05, 0) is 44.2 Å². The van der Waals surface area contributed by atoms with Gasteiger partial charge < -0.3 is 9.73 Å². The van der Waals surface area contributed by atoms with Gasteiger partial charge in [-0.1, -0.05) is 0 Å². The van der Waals surface area contributed by atoms with Crippen LogP contribution in [-0.2, 0) is 0 Å². The van der Waals surface area contributed by atoms with Crippen LogP contribution < -0.4 is 5.32 Å². The van der Waals surface area contributed by atoms with Crippen LogP contribution in [0, 0.1) is 0 Å². The quantitative estimate of drug-likeness (QED) is 0.801. The highest BCUT2D eigenvalue weighted by molar-refractivity contribution is 5.97. The summed E-state index contributed by atoms with van der Waals surface area (Å²) in [4.78, 5) is 20.4. The Morgan fingerprint density at radius 1 is 1.19 bits per heavy atom. The fourth-order valence-electron chi connectivity index (χ4n) is 2.03. The summed E-state index contributed by atoms with van der Waals surface area (Å²) in [6.07, 6.45) is 3.37. The van der Waals surface area contributed by atoms with Gasteiger partial charge in [0.15, 0.2) is 5.58 Å². The Labute approximate surface area is 122 Å². The van der Waals surface area contributed by atoms with Crippen molar-refractivity contribution in [1.82, 2.24) is 15.3 Å². The summed E-state index contributed by atoms with van der Waals surface area (Å²) in [7, 11) is 0. The molecule has 0 radical (unpaired) electrons. The molecule has 3 aromatic rings. The maximum absolute atomic E-state index is 12.0. The molecule has 1 aromatic carbocycles. The van der Waals surface area contributed by atoms with Gasteiger partial charge in [-0.15, -0.1) is 0 Å². The van der Waals surface area contributed by atoms with E-state index in [4.69, 9.17) is 4.42 Å². The summed E-state index contributed by atoms with van der Waals surface area (Å²) in [5.74, 6) is 0.411. The zero-order valence-corrected chi connectivity index (χ0v) is 11.8. The van der Waals surface area contributed by atoms with Gasteiger partial charge in [-0.2, -0.15) is 0 Å². The van der Waals surface area contributed by atoms with Crippen molar-refractivity contribution in [2.24, 2.45) is 0 Å². The first kappa shape index (κ1) is 13.3. The van der Waals surface area contributed by atoms with Crippen LogP contribution in [0.5, 0.6) is 0 Å². The SMILES string of the molecule is CC(C)NC(=O)c1ccc2oc(-c3ccncc3)nc2c1. The fraction of sp³-hybridized carbons (Fsp3) is 0.188. The monoisotopic (exact) mass is 281 g/mol. The zero-order valence-electron chi connectivity index (χ0n) is 11.8. The van der Waals surface area contributed by atoms with Crippen LogP contribution in [0.1, 0.15) is 24.2 Å². The van der Waals surface area contributed by atoms with Gasteiger partial charge in [-0.3, -0.25) is 9.78 Å². The van der Waals surface area contributed by atoms with E-state index in [1.165, 1.54) is 0 Å². The number of carbonyl (C=O) groups is 1. The van der Waals surface area contributed by atoms with Crippen molar-refractivity contribution >= 4 is 17.0 Å². The van der Waals surface area contributed by atoms with Crippen LogP contribution in [0.2, 0.25) is 0 Å². The lowest BCUT2D eigenvalue weighted by Crippen LogP contribution is -2.29. The van der Waals surface area contributed by atoms with E-state index in [0.717, 1.165) is 5.56 Å². The molecule has 1 N–H and O–H groups in total. The Morgan fingerprint density at radius 2 is 1.95 bits per heavy atom. The molecule has 21 heavy (non-hydrogen) atoms. The number of amides is 1. The Bertz CT molecular complexity index is 779. The van der Waals surface area contributed by atoms with Crippen molar-refractivity contribution < 1.29 is 9.21 Å². The molecule has 0 unspecified atom stereocenters. The molecule has 5 nitrogen and oxygen atoms in total. The van der Waals surface area contributed by atoms with E-state index < -0.39 is 0 Å². The number of nitrogens with one attached hydrogen (secondary N) is 1. The van der Waals surface area contributed by atoms with E-state index in [1.54, 1.807) is 30.6 Å². The molecule has 0 bridgehead atoms. The third-order valence-electron chi connectivity index (χ3n) is 3.00. The van der Waals surface area contributed by atoms with Crippen LogP contribution in [0.25, 0.3) is 22.6 Å². The number of hydrogen-bond acceptors (Lipinski definition) is 4. The maximum Gasteiger partial charge on any atom is 0.251 e. The molecule has 0 atom stereocenters. The molecule has 0 saturated heterocycles. The Balaban J connectivity index is 1.97. The summed E-state index contributed by atoms with van der Waals surface area (Å²) >= 11 is 0. The number of nitrogens with zero attached hydrogens (tertiary/aromatic N) is 2. The molecule has 5 heteroatoms. The second-order valence-corrected chi connectivity index (χ2v) is 5.07. The van der Waals surface area contributed by atoms with Crippen molar-refractivity contribution in [3.05, 3.63) is 48.3 Å². The van der Waals surface area contributed by atoms with E-state index in [0.29, 0.717) is 22.6 Å². The Hall–Kier alpha value is -2.69. The van der Waals surface area contributed by atoms with Crippen LogP contribution in [-0.4, -0.2) is 21.9 Å². The van der Waals surface area contributed by atoms with Gasteiger partial charge in [0.2, 0.25) is 5.89 Å². The first-order chi connectivity index (χ1) is 10.1. The minimum absolute atomic E-state index is 0.0953. The van der Waals surface area contributed by atoms with Gasteiger partial charge in [0.1, 0.15) is 5.52 Å². The molecule has 2 heterocycles. The predicted octanol–water partition coefficient (Wildman–Crippen LogP) is 3.03. The molecule has 1 amide bonds. The van der Waals surface area contributed by atoms with E-state index >= 15 is 0 Å². The van der Waals surface area contributed by atoms with Gasteiger partial charge in [-0.25, -0.2) is 4.98 Å². The number of aromatic nitrogens is 2. The average Bonchev–Trinajstić information content (AvgIpc) is 2.90. The number of benzene rings is 1. The van der Waals surface area contributed by atoms with Gasteiger partial charge >= 0.3 is 0 Å². The number of rotatable bonds is 3. The summed E-state index contributed by atoms with van der Waals surface area (Å²) in [5, 5.41) is 2.86. The number of pyridine rings is 1. The molecule has 106 valence electrons. The number of carbonyl (C=O) groups excluding carboxylic acids is 1. The van der Waals surface area contributed by atoms with Gasteiger partial charge in [0.25, 0.3) is 5.91 Å². The summed E-state index contributed by atoms with van der Waals surface area (Å²) in [5.41, 5.74) is 2.75. The molecule has 2 aromatic heterocycles. The van der Waals surface area contributed by atoms with Crippen LogP contribution in [0.4, 0.5) is 0 Å².